The van der Waals surface area contributed by atoms with E-state index in [-0.39, 0.29) is 6.04 Å². The molecule has 1 unspecified atom stereocenters. The molecule has 5 rings (SSSR count). The Bertz CT molecular complexity index is 934. The van der Waals surface area contributed by atoms with Gasteiger partial charge < -0.3 is 18.9 Å². The molecule has 0 fully saturated rings. The minimum atomic E-state index is 0.154. The minimum absolute atomic E-state index is 0.154. The smallest absolute Gasteiger partial charge is 0.231 e. The van der Waals surface area contributed by atoms with E-state index in [1.807, 2.05) is 6.07 Å². The van der Waals surface area contributed by atoms with Gasteiger partial charge in [0.05, 0.1) is 20.3 Å². The topological polar surface area (TPSA) is 40.2 Å². The lowest BCUT2D eigenvalue weighted by molar-refractivity contribution is 0.172. The molecule has 2 heterocycles. The summed E-state index contributed by atoms with van der Waals surface area (Å²) in [6.07, 6.45) is 3.23. The number of hydrogen-bond acceptors (Lipinski definition) is 5. The molecule has 2 aromatic carbocycles. The van der Waals surface area contributed by atoms with E-state index in [2.05, 4.69) is 36.2 Å². The van der Waals surface area contributed by atoms with Gasteiger partial charge in [-0.2, -0.15) is 0 Å². The van der Waals surface area contributed by atoms with Crippen molar-refractivity contribution in [3.05, 3.63) is 46.5 Å². The largest absolute Gasteiger partial charge is 0.493 e. The van der Waals surface area contributed by atoms with Crippen molar-refractivity contribution >= 4 is 11.6 Å². The lowest BCUT2D eigenvalue weighted by Crippen LogP contribution is -2.24. The van der Waals surface area contributed by atoms with Gasteiger partial charge in [0.25, 0.3) is 0 Å². The Morgan fingerprint density at radius 1 is 1.08 bits per heavy atom. The minimum Gasteiger partial charge on any atom is -0.493 e. The second-order valence-electron chi connectivity index (χ2n) is 6.90. The van der Waals surface area contributed by atoms with Crippen molar-refractivity contribution in [1.82, 2.24) is 4.90 Å². The SMILES string of the molecule is COc1cc2c(cc1OC)C1=Cc3ccc4c(c3C1N(C)CC2)OCO4. The number of fused-ring (bicyclic) bond motifs is 7. The van der Waals surface area contributed by atoms with Gasteiger partial charge in [-0.1, -0.05) is 6.07 Å². The zero-order chi connectivity index (χ0) is 17.8. The molecule has 0 amide bonds. The maximum absolute atomic E-state index is 5.82. The van der Waals surface area contributed by atoms with Gasteiger partial charge in [0.2, 0.25) is 6.79 Å². The molecule has 26 heavy (non-hydrogen) atoms. The number of nitrogens with zero attached hydrogens (tertiary/aromatic N) is 1. The second kappa shape index (κ2) is 5.68. The number of benzene rings is 2. The van der Waals surface area contributed by atoms with E-state index in [1.165, 1.54) is 27.8 Å². The maximum atomic E-state index is 5.82. The van der Waals surface area contributed by atoms with Crippen LogP contribution in [-0.2, 0) is 6.42 Å². The zero-order valence-electron chi connectivity index (χ0n) is 15.2. The van der Waals surface area contributed by atoms with Crippen molar-refractivity contribution in [2.24, 2.45) is 0 Å². The number of likely N-dealkylation sites (N-methyl/N-ethyl adjacent to an activating group) is 1. The van der Waals surface area contributed by atoms with Crippen molar-refractivity contribution in [2.75, 3.05) is 34.6 Å². The number of rotatable bonds is 2. The van der Waals surface area contributed by atoms with Gasteiger partial charge in [0.15, 0.2) is 23.0 Å². The standard InChI is InChI=1S/C21H21NO4/c1-22-7-6-12-9-17(23-2)18(24-3)10-14(12)15-8-13-4-5-16-21(26-11-25-16)19(13)20(15)22/h4-5,8-10,20H,6-7,11H2,1-3H3. The number of ether oxygens (including phenoxy) is 4. The van der Waals surface area contributed by atoms with Gasteiger partial charge >= 0.3 is 0 Å². The van der Waals surface area contributed by atoms with Crippen LogP contribution in [0.25, 0.3) is 11.6 Å². The quantitative estimate of drug-likeness (QED) is 0.828. The highest BCUT2D eigenvalue weighted by atomic mass is 16.7. The monoisotopic (exact) mass is 351 g/mol. The maximum Gasteiger partial charge on any atom is 0.231 e. The third kappa shape index (κ3) is 2.07. The molecular weight excluding hydrogens is 330 g/mol. The zero-order valence-corrected chi connectivity index (χ0v) is 15.2. The van der Waals surface area contributed by atoms with Crippen molar-refractivity contribution in [3.63, 3.8) is 0 Å². The predicted molar refractivity (Wildman–Crippen MR) is 99.1 cm³/mol. The molecule has 2 aliphatic heterocycles. The molecule has 0 aromatic heterocycles. The summed E-state index contributed by atoms with van der Waals surface area (Å²) >= 11 is 0. The molecule has 0 radical (unpaired) electrons. The lowest BCUT2D eigenvalue weighted by atomic mass is 9.94. The van der Waals surface area contributed by atoms with Crippen LogP contribution in [0.5, 0.6) is 23.0 Å². The average Bonchev–Trinajstić information content (AvgIpc) is 3.26. The van der Waals surface area contributed by atoms with Crippen molar-refractivity contribution in [2.45, 2.75) is 12.5 Å². The molecule has 134 valence electrons. The first-order valence-electron chi connectivity index (χ1n) is 8.81. The molecule has 1 atom stereocenters. The molecule has 1 aliphatic carbocycles. The Morgan fingerprint density at radius 2 is 1.88 bits per heavy atom. The van der Waals surface area contributed by atoms with Crippen LogP contribution in [0.3, 0.4) is 0 Å². The van der Waals surface area contributed by atoms with E-state index in [1.54, 1.807) is 14.2 Å². The Morgan fingerprint density at radius 3 is 2.69 bits per heavy atom. The Balaban J connectivity index is 1.71. The van der Waals surface area contributed by atoms with Crippen molar-refractivity contribution < 1.29 is 18.9 Å². The third-order valence-corrected chi connectivity index (χ3v) is 5.59. The first-order chi connectivity index (χ1) is 12.7. The van der Waals surface area contributed by atoms with E-state index in [9.17, 15) is 0 Å². The third-order valence-electron chi connectivity index (χ3n) is 5.59. The molecule has 0 saturated carbocycles. The summed E-state index contributed by atoms with van der Waals surface area (Å²) in [7, 11) is 5.53. The van der Waals surface area contributed by atoms with Gasteiger partial charge in [0.1, 0.15) is 0 Å². The fourth-order valence-electron chi connectivity index (χ4n) is 4.32. The summed E-state index contributed by atoms with van der Waals surface area (Å²) in [5.74, 6) is 3.26. The van der Waals surface area contributed by atoms with Crippen LogP contribution in [0, 0.1) is 0 Å². The first-order valence-corrected chi connectivity index (χ1v) is 8.81. The van der Waals surface area contributed by atoms with Crippen molar-refractivity contribution in [3.8, 4) is 23.0 Å². The van der Waals surface area contributed by atoms with Crippen LogP contribution in [0.4, 0.5) is 0 Å². The second-order valence-corrected chi connectivity index (χ2v) is 6.90. The van der Waals surface area contributed by atoms with Crippen LogP contribution in [0.2, 0.25) is 0 Å². The summed E-state index contributed by atoms with van der Waals surface area (Å²) in [4.78, 5) is 2.39. The molecule has 0 bridgehead atoms. The van der Waals surface area contributed by atoms with Crippen LogP contribution in [0.1, 0.15) is 28.3 Å². The fraction of sp³-hybridized carbons (Fsp3) is 0.333. The van der Waals surface area contributed by atoms with Gasteiger partial charge in [0, 0.05) is 12.1 Å². The van der Waals surface area contributed by atoms with E-state index in [0.717, 1.165) is 36.0 Å². The van der Waals surface area contributed by atoms with E-state index < -0.39 is 0 Å². The predicted octanol–water partition coefficient (Wildman–Crippen LogP) is 3.52. The summed E-state index contributed by atoms with van der Waals surface area (Å²) in [5.41, 5.74) is 6.19. The first kappa shape index (κ1) is 15.6. The van der Waals surface area contributed by atoms with Crippen LogP contribution in [-0.4, -0.2) is 39.5 Å². The van der Waals surface area contributed by atoms with Crippen LogP contribution < -0.4 is 18.9 Å². The van der Waals surface area contributed by atoms with Crippen molar-refractivity contribution in [1.29, 1.82) is 0 Å². The molecule has 5 heteroatoms. The molecule has 3 aliphatic rings. The molecule has 5 nitrogen and oxygen atoms in total. The van der Waals surface area contributed by atoms with Gasteiger partial charge in [-0.05, 0) is 60.0 Å². The normalized spacial score (nSPS) is 20.0. The highest BCUT2D eigenvalue weighted by molar-refractivity contribution is 5.94. The number of methoxy groups -OCH3 is 2. The lowest BCUT2D eigenvalue weighted by Gasteiger charge is -2.26. The summed E-state index contributed by atoms with van der Waals surface area (Å²) in [5, 5.41) is 0. The molecule has 0 saturated heterocycles. The van der Waals surface area contributed by atoms with E-state index in [0.29, 0.717) is 6.79 Å². The van der Waals surface area contributed by atoms with Gasteiger partial charge in [-0.25, -0.2) is 0 Å². The van der Waals surface area contributed by atoms with Gasteiger partial charge in [-0.15, -0.1) is 0 Å². The Hall–Kier alpha value is -2.66. The molecule has 0 N–H and O–H groups in total. The molecular formula is C21H21NO4. The highest BCUT2D eigenvalue weighted by Gasteiger charge is 2.38. The molecule has 2 aromatic rings. The Labute approximate surface area is 152 Å². The highest BCUT2D eigenvalue weighted by Crippen LogP contribution is 2.53. The van der Waals surface area contributed by atoms with Crippen LogP contribution >= 0.6 is 0 Å². The molecule has 0 spiro atoms. The number of hydrogen-bond donors (Lipinski definition) is 0. The van der Waals surface area contributed by atoms with E-state index in [4.69, 9.17) is 18.9 Å². The van der Waals surface area contributed by atoms with Gasteiger partial charge in [-0.3, -0.25) is 4.90 Å². The summed E-state index contributed by atoms with van der Waals surface area (Å²) in [6, 6.07) is 8.49. The fourth-order valence-corrected chi connectivity index (χ4v) is 4.32. The van der Waals surface area contributed by atoms with E-state index >= 15 is 0 Å². The Kier molecular flexibility index (Phi) is 3.40. The summed E-state index contributed by atoms with van der Waals surface area (Å²) in [6.45, 7) is 1.24. The van der Waals surface area contributed by atoms with Crippen LogP contribution in [0.15, 0.2) is 24.3 Å². The average molecular weight is 351 g/mol. The summed E-state index contributed by atoms with van der Waals surface area (Å²) < 4.78 is 22.5.